The average molecular weight is 418 g/mol. The number of hydrogen-bond acceptors (Lipinski definition) is 3. The van der Waals surface area contributed by atoms with Gasteiger partial charge in [0.25, 0.3) is 11.8 Å². The van der Waals surface area contributed by atoms with E-state index < -0.39 is 5.82 Å². The van der Waals surface area contributed by atoms with Crippen molar-refractivity contribution in [2.45, 2.75) is 32.4 Å². The number of nitrogens with zero attached hydrogens (tertiary/aromatic N) is 4. The third-order valence-corrected chi connectivity index (χ3v) is 6.33. The van der Waals surface area contributed by atoms with Crippen LogP contribution in [-0.4, -0.2) is 50.5 Å². The fourth-order valence-corrected chi connectivity index (χ4v) is 4.88. The molecule has 0 radical (unpaired) electrons. The fraction of sp³-hybridized carbons (Fsp3) is 0.292. The summed E-state index contributed by atoms with van der Waals surface area (Å²) in [6.45, 7) is 4.82. The van der Waals surface area contributed by atoms with Crippen molar-refractivity contribution in [1.82, 2.24) is 19.6 Å². The lowest BCUT2D eigenvalue weighted by Crippen LogP contribution is -2.41. The van der Waals surface area contributed by atoms with Crippen molar-refractivity contribution < 1.29 is 14.0 Å². The van der Waals surface area contributed by atoms with Gasteiger partial charge in [0, 0.05) is 18.7 Å². The Labute approximate surface area is 179 Å². The second kappa shape index (κ2) is 7.34. The Morgan fingerprint density at radius 3 is 2.55 bits per heavy atom. The number of carbonyl (C=O) groups is 2. The molecule has 2 amide bonds. The van der Waals surface area contributed by atoms with E-state index in [1.807, 2.05) is 49.1 Å². The number of aryl methyl sites for hydroxylation is 1. The molecule has 2 aliphatic rings. The Morgan fingerprint density at radius 1 is 1.10 bits per heavy atom. The fourth-order valence-electron chi connectivity index (χ4n) is 4.88. The summed E-state index contributed by atoms with van der Waals surface area (Å²) in [6.07, 6.45) is 0.665. The van der Waals surface area contributed by atoms with Gasteiger partial charge in [-0.25, -0.2) is 9.07 Å². The van der Waals surface area contributed by atoms with Gasteiger partial charge in [-0.05, 0) is 44.5 Å². The molecule has 1 aromatic heterocycles. The molecule has 6 nitrogen and oxygen atoms in total. The molecule has 0 N–H and O–H groups in total. The summed E-state index contributed by atoms with van der Waals surface area (Å²) in [5.41, 5.74) is 3.28. The standard InChI is InChI=1S/C24H23FN4O2/c1-15-21-16(2)28(24(31)22(21)29(26-15)17-8-4-3-5-9-17)18-12-13-27(14-18)23(30)19-10-6-7-11-20(19)25/h3-11,16,18H,12-14H2,1-2H3. The van der Waals surface area contributed by atoms with Crippen molar-refractivity contribution in [3.63, 3.8) is 0 Å². The molecular formula is C24H23FN4O2. The molecule has 2 atom stereocenters. The quantitative estimate of drug-likeness (QED) is 0.651. The van der Waals surface area contributed by atoms with E-state index in [0.717, 1.165) is 16.9 Å². The molecule has 158 valence electrons. The highest BCUT2D eigenvalue weighted by Crippen LogP contribution is 2.39. The first-order chi connectivity index (χ1) is 15.0. The van der Waals surface area contributed by atoms with Crippen LogP contribution in [0.15, 0.2) is 54.6 Å². The van der Waals surface area contributed by atoms with Crippen LogP contribution in [0, 0.1) is 12.7 Å². The van der Waals surface area contributed by atoms with Crippen molar-refractivity contribution in [2.75, 3.05) is 13.1 Å². The molecule has 0 aliphatic carbocycles. The van der Waals surface area contributed by atoms with Crippen LogP contribution in [0.2, 0.25) is 0 Å². The summed E-state index contributed by atoms with van der Waals surface area (Å²) in [6, 6.07) is 15.4. The maximum absolute atomic E-state index is 14.1. The van der Waals surface area contributed by atoms with Crippen LogP contribution in [-0.2, 0) is 0 Å². The van der Waals surface area contributed by atoms with E-state index in [1.165, 1.54) is 12.1 Å². The van der Waals surface area contributed by atoms with Gasteiger partial charge in [-0.15, -0.1) is 0 Å². The van der Waals surface area contributed by atoms with Crippen molar-refractivity contribution in [3.05, 3.63) is 82.9 Å². The monoisotopic (exact) mass is 418 g/mol. The predicted molar refractivity (Wildman–Crippen MR) is 114 cm³/mol. The lowest BCUT2D eigenvalue weighted by atomic mass is 10.1. The smallest absolute Gasteiger partial charge is 0.273 e. The molecule has 3 heterocycles. The second-order valence-corrected chi connectivity index (χ2v) is 8.16. The highest BCUT2D eigenvalue weighted by Gasteiger charge is 2.45. The molecule has 5 rings (SSSR count). The van der Waals surface area contributed by atoms with E-state index in [1.54, 1.807) is 21.7 Å². The Morgan fingerprint density at radius 2 is 1.81 bits per heavy atom. The molecule has 3 aromatic rings. The van der Waals surface area contributed by atoms with Gasteiger partial charge in [-0.1, -0.05) is 30.3 Å². The number of aromatic nitrogens is 2. The van der Waals surface area contributed by atoms with Crippen LogP contribution in [0.1, 0.15) is 51.5 Å². The first-order valence-electron chi connectivity index (χ1n) is 10.5. The van der Waals surface area contributed by atoms with Gasteiger partial charge in [0.05, 0.1) is 29.0 Å². The SMILES string of the molecule is Cc1nn(-c2ccccc2)c2c1C(C)N(C1CCN(C(=O)c3ccccc3F)C1)C2=O. The summed E-state index contributed by atoms with van der Waals surface area (Å²) in [7, 11) is 0. The first-order valence-corrected chi connectivity index (χ1v) is 10.5. The number of para-hydroxylation sites is 1. The molecule has 0 saturated carbocycles. The minimum absolute atomic E-state index is 0.0720. The number of fused-ring (bicyclic) bond motifs is 1. The van der Waals surface area contributed by atoms with E-state index >= 15 is 0 Å². The molecule has 2 aromatic carbocycles. The highest BCUT2D eigenvalue weighted by molar-refractivity contribution is 5.99. The summed E-state index contributed by atoms with van der Waals surface area (Å²) >= 11 is 0. The van der Waals surface area contributed by atoms with E-state index in [0.29, 0.717) is 25.2 Å². The molecule has 7 heteroatoms. The number of amides is 2. The predicted octanol–water partition coefficient (Wildman–Crippen LogP) is 3.75. The minimum atomic E-state index is -0.521. The minimum Gasteiger partial charge on any atom is -0.336 e. The van der Waals surface area contributed by atoms with Gasteiger partial charge in [-0.3, -0.25) is 9.59 Å². The normalized spacial score (nSPS) is 20.4. The van der Waals surface area contributed by atoms with Gasteiger partial charge in [0.15, 0.2) is 0 Å². The maximum Gasteiger partial charge on any atom is 0.273 e. The van der Waals surface area contributed by atoms with Gasteiger partial charge >= 0.3 is 0 Å². The zero-order valence-corrected chi connectivity index (χ0v) is 17.5. The zero-order valence-electron chi connectivity index (χ0n) is 17.5. The number of rotatable bonds is 3. The van der Waals surface area contributed by atoms with Crippen LogP contribution < -0.4 is 0 Å². The molecule has 31 heavy (non-hydrogen) atoms. The summed E-state index contributed by atoms with van der Waals surface area (Å²) in [4.78, 5) is 29.8. The van der Waals surface area contributed by atoms with E-state index in [2.05, 4.69) is 5.10 Å². The Kier molecular flexibility index (Phi) is 4.61. The first kappa shape index (κ1) is 19.5. The van der Waals surface area contributed by atoms with Crippen molar-refractivity contribution >= 4 is 11.8 Å². The second-order valence-electron chi connectivity index (χ2n) is 8.16. The lowest BCUT2D eigenvalue weighted by Gasteiger charge is -2.29. The Bertz CT molecular complexity index is 1170. The third kappa shape index (κ3) is 3.03. The molecule has 0 bridgehead atoms. The summed E-state index contributed by atoms with van der Waals surface area (Å²) < 4.78 is 15.8. The molecule has 0 spiro atoms. The Hall–Kier alpha value is -3.48. The van der Waals surface area contributed by atoms with Crippen LogP contribution in [0.25, 0.3) is 5.69 Å². The largest absolute Gasteiger partial charge is 0.336 e. The van der Waals surface area contributed by atoms with Crippen LogP contribution in [0.5, 0.6) is 0 Å². The maximum atomic E-state index is 14.1. The Balaban J connectivity index is 1.41. The van der Waals surface area contributed by atoms with E-state index in [9.17, 15) is 14.0 Å². The number of carbonyl (C=O) groups excluding carboxylic acids is 2. The number of hydrogen-bond donors (Lipinski definition) is 0. The highest BCUT2D eigenvalue weighted by atomic mass is 19.1. The van der Waals surface area contributed by atoms with Gasteiger partial charge < -0.3 is 9.80 Å². The lowest BCUT2D eigenvalue weighted by molar-refractivity contribution is 0.0617. The molecular weight excluding hydrogens is 395 g/mol. The van der Waals surface area contributed by atoms with Crippen molar-refractivity contribution in [1.29, 1.82) is 0 Å². The molecule has 1 fully saturated rings. The number of halogens is 1. The van der Waals surface area contributed by atoms with Crippen LogP contribution >= 0.6 is 0 Å². The molecule has 2 unspecified atom stereocenters. The van der Waals surface area contributed by atoms with Gasteiger partial charge in [0.1, 0.15) is 11.5 Å². The van der Waals surface area contributed by atoms with Crippen LogP contribution in [0.4, 0.5) is 4.39 Å². The van der Waals surface area contributed by atoms with E-state index in [-0.39, 0.29) is 29.5 Å². The third-order valence-electron chi connectivity index (χ3n) is 6.33. The van der Waals surface area contributed by atoms with E-state index in [4.69, 9.17) is 0 Å². The van der Waals surface area contributed by atoms with Gasteiger partial charge in [0.2, 0.25) is 0 Å². The van der Waals surface area contributed by atoms with Gasteiger partial charge in [-0.2, -0.15) is 5.10 Å². The summed E-state index contributed by atoms with van der Waals surface area (Å²) in [5, 5.41) is 4.62. The average Bonchev–Trinajstić information content (AvgIpc) is 3.45. The number of benzene rings is 2. The number of likely N-dealkylation sites (tertiary alicyclic amines) is 1. The summed E-state index contributed by atoms with van der Waals surface area (Å²) in [5.74, 6) is -0.922. The van der Waals surface area contributed by atoms with Crippen molar-refractivity contribution in [2.24, 2.45) is 0 Å². The van der Waals surface area contributed by atoms with Crippen molar-refractivity contribution in [3.8, 4) is 5.69 Å². The molecule has 2 aliphatic heterocycles. The van der Waals surface area contributed by atoms with Crippen LogP contribution in [0.3, 0.4) is 0 Å². The zero-order chi connectivity index (χ0) is 21.7. The molecule has 1 saturated heterocycles. The topological polar surface area (TPSA) is 58.4 Å².